The van der Waals surface area contributed by atoms with Crippen LogP contribution in [0.1, 0.15) is 0 Å². The summed E-state index contributed by atoms with van der Waals surface area (Å²) in [6.45, 7) is 0. The summed E-state index contributed by atoms with van der Waals surface area (Å²) in [5, 5.41) is 52.9. The van der Waals surface area contributed by atoms with Crippen LogP contribution in [0, 0.1) is 79.8 Å². The van der Waals surface area contributed by atoms with Gasteiger partial charge in [-0.05, 0) is 0 Å². The second-order valence-electron chi connectivity index (χ2n) is 3.58. The van der Waals surface area contributed by atoms with E-state index < -0.39 is 45.7 Å². The summed E-state index contributed by atoms with van der Waals surface area (Å²) in [5.74, 6) is -4.10. The molecule has 0 saturated heterocycles. The predicted octanol–water partition coefficient (Wildman–Crippen LogP) is -5.97. The summed E-state index contributed by atoms with van der Waals surface area (Å²) in [6, 6.07) is 8.20. The van der Waals surface area contributed by atoms with Crippen molar-refractivity contribution in [3.63, 3.8) is 0 Å². The first-order valence-corrected chi connectivity index (χ1v) is 5.25. The Labute approximate surface area is 222 Å². The number of hydrogen-bond donors (Lipinski definition) is 0. The number of ketones is 2. The van der Waals surface area contributed by atoms with Gasteiger partial charge in [0, 0.05) is 0 Å². The summed E-state index contributed by atoms with van der Waals surface area (Å²) in [5.41, 5.74) is -3.07. The first-order valence-electron chi connectivity index (χ1n) is 5.25. The van der Waals surface area contributed by atoms with Crippen LogP contribution >= 0.6 is 0 Å². The first-order chi connectivity index (χ1) is 10.5. The molecule has 0 aromatic carbocycles. The summed E-state index contributed by atoms with van der Waals surface area (Å²) < 4.78 is 0. The molecule has 100 valence electrons. The Morgan fingerprint density at radius 1 is 0.708 bits per heavy atom. The zero-order valence-corrected chi connectivity index (χ0v) is 18.7. The largest absolute Gasteiger partial charge is 1.00 e. The minimum Gasteiger partial charge on any atom is -0.321 e. The molecular weight excluding hydrogens is 362 g/mol. The first kappa shape index (κ1) is 25.0. The number of carbonyl (C=O) groups is 2. The van der Waals surface area contributed by atoms with Crippen LogP contribution in [0.2, 0.25) is 0 Å². The fourth-order valence-corrected chi connectivity index (χ4v) is 1.69. The zero-order chi connectivity index (χ0) is 16.9. The van der Waals surface area contributed by atoms with E-state index in [1.807, 2.05) is 0 Å². The van der Waals surface area contributed by atoms with E-state index in [2.05, 4.69) is 0 Å². The van der Waals surface area contributed by atoms with Crippen molar-refractivity contribution in [1.29, 1.82) is 31.6 Å². The molecule has 0 heterocycles. The number of nitriles is 6. The standard InChI is InChI=1S/C14N6O2.2K/c15-1-7(2-16)10-11(8(3-17)4-18)14(22)12(13(10)21)9(5-19)6-20;;/q-2;2*+1. The van der Waals surface area contributed by atoms with Crippen molar-refractivity contribution in [3.8, 4) is 36.4 Å². The Kier molecular flexibility index (Phi) is 11.8. The van der Waals surface area contributed by atoms with Crippen molar-refractivity contribution in [1.82, 2.24) is 0 Å². The normalized spacial score (nSPS) is 11.2. The van der Waals surface area contributed by atoms with Crippen LogP contribution in [0.5, 0.6) is 0 Å². The minimum absolute atomic E-state index is 0. The Balaban J connectivity index is 0. The van der Waals surface area contributed by atoms with Crippen molar-refractivity contribution in [2.45, 2.75) is 0 Å². The summed E-state index contributed by atoms with van der Waals surface area (Å²) in [7, 11) is 0. The maximum atomic E-state index is 12.2. The Bertz CT molecular complexity index is 800. The molecule has 0 bridgehead atoms. The van der Waals surface area contributed by atoms with E-state index in [0.717, 1.165) is 0 Å². The van der Waals surface area contributed by atoms with E-state index in [9.17, 15) is 9.59 Å². The molecule has 1 saturated carbocycles. The monoisotopic (exact) mass is 362 g/mol. The van der Waals surface area contributed by atoms with E-state index in [-0.39, 0.29) is 103 Å². The van der Waals surface area contributed by atoms with E-state index >= 15 is 0 Å². The van der Waals surface area contributed by atoms with Crippen LogP contribution in [0.4, 0.5) is 0 Å². The molecule has 1 aliphatic carbocycles. The van der Waals surface area contributed by atoms with Crippen molar-refractivity contribution < 1.29 is 112 Å². The maximum absolute atomic E-state index is 12.2. The van der Waals surface area contributed by atoms with Crippen LogP contribution in [0.3, 0.4) is 0 Å². The number of rotatable bonds is 1. The fraction of sp³-hybridized carbons (Fsp3) is 0. The van der Waals surface area contributed by atoms with Gasteiger partial charge in [-0.1, -0.05) is 23.3 Å². The summed E-state index contributed by atoms with van der Waals surface area (Å²) in [6.07, 6.45) is 0. The topological polar surface area (TPSA) is 177 Å². The third-order valence-electron chi connectivity index (χ3n) is 2.58. The van der Waals surface area contributed by atoms with E-state index in [1.54, 1.807) is 0 Å². The molecule has 0 atom stereocenters. The molecule has 1 fully saturated rings. The number of Topliss-reactive ketones (excluding diaryl/α,β-unsaturated/α-hetero) is 2. The van der Waals surface area contributed by atoms with Gasteiger partial charge in [0.25, 0.3) is 0 Å². The second kappa shape index (κ2) is 11.3. The second-order valence-corrected chi connectivity index (χ2v) is 3.58. The van der Waals surface area contributed by atoms with Gasteiger partial charge in [0.15, 0.2) is 0 Å². The quantitative estimate of drug-likeness (QED) is 0.191. The van der Waals surface area contributed by atoms with Gasteiger partial charge < -0.3 is 9.59 Å². The SMILES string of the molecule is N#CC(C#N)=C1C(=O)[C-]([C-](C#N)C#N)C(=O)C1=C(C#N)C#N.[K+].[K+]. The minimum atomic E-state index is -1.21. The molecule has 0 aromatic heterocycles. The summed E-state index contributed by atoms with van der Waals surface area (Å²) >= 11 is 0. The predicted molar refractivity (Wildman–Crippen MR) is 64.2 cm³/mol. The van der Waals surface area contributed by atoms with Crippen LogP contribution in [-0.4, -0.2) is 11.6 Å². The molecule has 0 aliphatic heterocycles. The average molecular weight is 362 g/mol. The van der Waals surface area contributed by atoms with Crippen molar-refractivity contribution in [2.75, 3.05) is 0 Å². The van der Waals surface area contributed by atoms with Gasteiger partial charge in [0.1, 0.15) is 0 Å². The molecule has 0 radical (unpaired) electrons. The van der Waals surface area contributed by atoms with E-state index in [4.69, 9.17) is 31.6 Å². The smallest absolute Gasteiger partial charge is 0.321 e. The molecule has 0 N–H and O–H groups in total. The molecule has 1 aliphatic rings. The third-order valence-corrected chi connectivity index (χ3v) is 2.58. The Morgan fingerprint density at radius 2 is 1.00 bits per heavy atom. The number of hydrogen-bond acceptors (Lipinski definition) is 8. The van der Waals surface area contributed by atoms with E-state index in [1.165, 1.54) is 36.4 Å². The number of nitrogens with zero attached hydrogens (tertiary/aromatic N) is 6. The number of carbonyl (C=O) groups excluding carboxylic acids is 2. The molecule has 1 rings (SSSR count). The van der Waals surface area contributed by atoms with Gasteiger partial charge in [-0.3, -0.25) is 0 Å². The van der Waals surface area contributed by atoms with Crippen LogP contribution < -0.4 is 103 Å². The van der Waals surface area contributed by atoms with Gasteiger partial charge in [-0.2, -0.15) is 27.0 Å². The summed E-state index contributed by atoms with van der Waals surface area (Å²) in [4.78, 5) is 24.4. The fourth-order valence-electron chi connectivity index (χ4n) is 1.69. The van der Waals surface area contributed by atoms with Gasteiger partial charge in [-0.15, -0.1) is 0 Å². The van der Waals surface area contributed by atoms with Gasteiger partial charge in [-0.25, -0.2) is 16.4 Å². The van der Waals surface area contributed by atoms with Crippen LogP contribution in [-0.2, 0) is 9.59 Å². The molecule has 8 nitrogen and oxygen atoms in total. The molecular formula is C14K2N6O2. The molecule has 0 aromatic rings. The van der Waals surface area contributed by atoms with Gasteiger partial charge in [0.05, 0.1) is 47.0 Å². The third kappa shape index (κ3) is 4.44. The maximum Gasteiger partial charge on any atom is 1.00 e. The van der Waals surface area contributed by atoms with Crippen molar-refractivity contribution >= 4 is 11.6 Å². The van der Waals surface area contributed by atoms with Crippen LogP contribution in [0.25, 0.3) is 0 Å². The molecule has 0 unspecified atom stereocenters. The van der Waals surface area contributed by atoms with Crippen molar-refractivity contribution in [3.05, 3.63) is 34.1 Å². The van der Waals surface area contributed by atoms with E-state index in [0.29, 0.717) is 0 Å². The Hall–Kier alpha value is -1.23. The molecule has 24 heavy (non-hydrogen) atoms. The van der Waals surface area contributed by atoms with Gasteiger partial charge >= 0.3 is 103 Å². The Morgan fingerprint density at radius 3 is 1.21 bits per heavy atom. The molecule has 0 spiro atoms. The van der Waals surface area contributed by atoms with Crippen LogP contribution in [0.15, 0.2) is 22.3 Å². The van der Waals surface area contributed by atoms with Gasteiger partial charge in [0.2, 0.25) is 0 Å². The van der Waals surface area contributed by atoms with Crippen molar-refractivity contribution in [2.24, 2.45) is 0 Å². The number of allylic oxidation sites excluding steroid dienone is 4. The average Bonchev–Trinajstić information content (AvgIpc) is 2.77. The zero-order valence-electron chi connectivity index (χ0n) is 12.5. The molecule has 0 amide bonds. The molecule has 10 heteroatoms.